The minimum absolute atomic E-state index is 0.720. The van der Waals surface area contributed by atoms with E-state index in [1.54, 1.807) is 0 Å². The molecule has 0 heterocycles. The Bertz CT molecular complexity index is 220. The van der Waals surface area contributed by atoms with Gasteiger partial charge in [-0.3, -0.25) is 0 Å². The lowest BCUT2D eigenvalue weighted by atomic mass is 10.1. The van der Waals surface area contributed by atoms with Gasteiger partial charge in [0.15, 0.2) is 0 Å². The van der Waals surface area contributed by atoms with E-state index in [-0.39, 0.29) is 0 Å². The molecule has 0 unspecified atom stereocenters. The van der Waals surface area contributed by atoms with Crippen molar-refractivity contribution >= 4 is 39.9 Å². The zero-order valence-corrected chi connectivity index (χ0v) is 14.6. The SMILES string of the molecule is CC(C)CCSC(=S)N(CCCCl)CCC(C)C. The zero-order chi connectivity index (χ0) is 14.0. The highest BCUT2D eigenvalue weighted by molar-refractivity contribution is 8.22. The molecule has 0 aromatic rings. The second-order valence-electron chi connectivity index (χ2n) is 5.51. The van der Waals surface area contributed by atoms with E-state index < -0.39 is 0 Å². The maximum atomic E-state index is 5.78. The third kappa shape index (κ3) is 10.5. The molecular weight excluding hydrogens is 282 g/mol. The molecule has 0 atom stereocenters. The zero-order valence-electron chi connectivity index (χ0n) is 12.2. The van der Waals surface area contributed by atoms with E-state index in [1.807, 2.05) is 11.8 Å². The van der Waals surface area contributed by atoms with Gasteiger partial charge in [0.25, 0.3) is 0 Å². The second kappa shape index (κ2) is 11.4. The van der Waals surface area contributed by atoms with E-state index in [1.165, 1.54) is 12.8 Å². The van der Waals surface area contributed by atoms with E-state index in [2.05, 4.69) is 32.6 Å². The Morgan fingerprint density at radius 1 is 1.11 bits per heavy atom. The molecule has 0 aromatic heterocycles. The molecule has 0 fully saturated rings. The minimum atomic E-state index is 0.720. The van der Waals surface area contributed by atoms with Crippen molar-refractivity contribution in [2.24, 2.45) is 11.8 Å². The van der Waals surface area contributed by atoms with Crippen molar-refractivity contribution in [2.75, 3.05) is 24.7 Å². The highest BCUT2D eigenvalue weighted by atomic mass is 35.5. The molecule has 0 rings (SSSR count). The van der Waals surface area contributed by atoms with Crippen molar-refractivity contribution in [2.45, 2.75) is 47.0 Å². The summed E-state index contributed by atoms with van der Waals surface area (Å²) in [6.45, 7) is 11.1. The van der Waals surface area contributed by atoms with Gasteiger partial charge in [0.2, 0.25) is 0 Å². The third-order valence-electron chi connectivity index (χ3n) is 2.72. The Labute approximate surface area is 128 Å². The molecule has 0 aliphatic heterocycles. The van der Waals surface area contributed by atoms with E-state index >= 15 is 0 Å². The normalized spacial score (nSPS) is 11.3. The Hall–Kier alpha value is 0.530. The molecule has 0 spiro atoms. The standard InChI is InChI=1S/C14H28ClNS2/c1-12(2)6-10-16(9-5-8-15)14(17)18-11-7-13(3)4/h12-13H,5-11H2,1-4H3. The van der Waals surface area contributed by atoms with Gasteiger partial charge in [-0.2, -0.15) is 0 Å². The predicted molar refractivity (Wildman–Crippen MR) is 90.9 cm³/mol. The maximum absolute atomic E-state index is 5.78. The van der Waals surface area contributed by atoms with Crippen LogP contribution in [0, 0.1) is 11.8 Å². The van der Waals surface area contributed by atoms with Crippen LogP contribution in [-0.4, -0.2) is 33.9 Å². The Balaban J connectivity index is 4.04. The molecule has 0 aromatic carbocycles. The van der Waals surface area contributed by atoms with Crippen LogP contribution in [0.2, 0.25) is 0 Å². The Kier molecular flexibility index (Phi) is 11.7. The molecule has 0 aliphatic carbocycles. The summed E-state index contributed by atoms with van der Waals surface area (Å²) < 4.78 is 1.06. The second-order valence-corrected chi connectivity index (χ2v) is 7.62. The highest BCUT2D eigenvalue weighted by Crippen LogP contribution is 2.16. The number of nitrogens with zero attached hydrogens (tertiary/aromatic N) is 1. The molecule has 4 heteroatoms. The topological polar surface area (TPSA) is 3.24 Å². The number of halogens is 1. The van der Waals surface area contributed by atoms with Crippen molar-refractivity contribution in [3.8, 4) is 0 Å². The average molecular weight is 310 g/mol. The molecule has 0 saturated carbocycles. The molecule has 0 aliphatic rings. The summed E-state index contributed by atoms with van der Waals surface area (Å²) in [5.41, 5.74) is 0. The number of rotatable bonds is 9. The fourth-order valence-corrected chi connectivity index (χ4v) is 3.11. The van der Waals surface area contributed by atoms with Crippen LogP contribution in [0.4, 0.5) is 0 Å². The van der Waals surface area contributed by atoms with Crippen LogP contribution in [0.1, 0.15) is 47.0 Å². The van der Waals surface area contributed by atoms with Gasteiger partial charge in [-0.05, 0) is 31.1 Å². The number of hydrogen-bond donors (Lipinski definition) is 0. The van der Waals surface area contributed by atoms with E-state index in [0.29, 0.717) is 0 Å². The molecule has 108 valence electrons. The first-order chi connectivity index (χ1) is 8.47. The van der Waals surface area contributed by atoms with Crippen LogP contribution < -0.4 is 0 Å². The average Bonchev–Trinajstić information content (AvgIpc) is 2.28. The molecular formula is C14H28ClNS2. The van der Waals surface area contributed by atoms with Crippen molar-refractivity contribution < 1.29 is 0 Å². The van der Waals surface area contributed by atoms with Gasteiger partial charge >= 0.3 is 0 Å². The fourth-order valence-electron chi connectivity index (χ4n) is 1.43. The summed E-state index contributed by atoms with van der Waals surface area (Å²) in [7, 11) is 0. The van der Waals surface area contributed by atoms with Gasteiger partial charge in [-0.1, -0.05) is 51.7 Å². The molecule has 18 heavy (non-hydrogen) atoms. The number of hydrogen-bond acceptors (Lipinski definition) is 2. The minimum Gasteiger partial charge on any atom is -0.357 e. The molecule has 0 saturated heterocycles. The fraction of sp³-hybridized carbons (Fsp3) is 0.929. The lowest BCUT2D eigenvalue weighted by Gasteiger charge is -2.25. The summed E-state index contributed by atoms with van der Waals surface area (Å²) in [4.78, 5) is 2.34. The summed E-state index contributed by atoms with van der Waals surface area (Å²) in [6.07, 6.45) is 3.45. The molecule has 0 radical (unpaired) electrons. The van der Waals surface area contributed by atoms with Gasteiger partial charge < -0.3 is 4.90 Å². The van der Waals surface area contributed by atoms with E-state index in [9.17, 15) is 0 Å². The summed E-state index contributed by atoms with van der Waals surface area (Å²) >= 11 is 13.2. The first-order valence-electron chi connectivity index (χ1n) is 6.95. The van der Waals surface area contributed by atoms with E-state index in [4.69, 9.17) is 23.8 Å². The molecule has 0 amide bonds. The summed E-state index contributed by atoms with van der Waals surface area (Å²) in [5, 5.41) is 0. The monoisotopic (exact) mass is 309 g/mol. The van der Waals surface area contributed by atoms with Crippen LogP contribution in [0.3, 0.4) is 0 Å². The summed E-state index contributed by atoms with van der Waals surface area (Å²) in [6, 6.07) is 0. The Morgan fingerprint density at radius 3 is 2.22 bits per heavy atom. The van der Waals surface area contributed by atoms with E-state index in [0.717, 1.165) is 47.3 Å². The Morgan fingerprint density at radius 2 is 1.72 bits per heavy atom. The smallest absolute Gasteiger partial charge is 0.136 e. The number of alkyl halides is 1. The van der Waals surface area contributed by atoms with Gasteiger partial charge in [-0.15, -0.1) is 11.6 Å². The predicted octanol–water partition coefficient (Wildman–Crippen LogP) is 5.03. The number of thiocarbonyl (C=S) groups is 1. The van der Waals surface area contributed by atoms with Gasteiger partial charge in [0.1, 0.15) is 4.32 Å². The van der Waals surface area contributed by atoms with Crippen LogP contribution in [0.5, 0.6) is 0 Å². The maximum Gasteiger partial charge on any atom is 0.136 e. The van der Waals surface area contributed by atoms with Gasteiger partial charge in [-0.25, -0.2) is 0 Å². The van der Waals surface area contributed by atoms with Crippen LogP contribution in [0.15, 0.2) is 0 Å². The van der Waals surface area contributed by atoms with Crippen molar-refractivity contribution in [3.05, 3.63) is 0 Å². The lowest BCUT2D eigenvalue weighted by molar-refractivity contribution is 0.391. The summed E-state index contributed by atoms with van der Waals surface area (Å²) in [5.74, 6) is 3.34. The van der Waals surface area contributed by atoms with Crippen molar-refractivity contribution in [1.82, 2.24) is 4.90 Å². The largest absolute Gasteiger partial charge is 0.357 e. The third-order valence-corrected chi connectivity index (χ3v) is 4.54. The highest BCUT2D eigenvalue weighted by Gasteiger charge is 2.10. The lowest BCUT2D eigenvalue weighted by Crippen LogP contribution is -2.30. The van der Waals surface area contributed by atoms with Gasteiger partial charge in [0.05, 0.1) is 0 Å². The van der Waals surface area contributed by atoms with Crippen LogP contribution in [-0.2, 0) is 0 Å². The first kappa shape index (κ1) is 18.5. The molecule has 0 bridgehead atoms. The van der Waals surface area contributed by atoms with Gasteiger partial charge in [0, 0.05) is 24.7 Å². The van der Waals surface area contributed by atoms with Crippen LogP contribution >= 0.6 is 35.6 Å². The molecule has 1 nitrogen and oxygen atoms in total. The van der Waals surface area contributed by atoms with Crippen molar-refractivity contribution in [1.29, 1.82) is 0 Å². The quantitative estimate of drug-likeness (QED) is 0.434. The number of thioether (sulfide) groups is 1. The first-order valence-corrected chi connectivity index (χ1v) is 8.87. The molecule has 0 N–H and O–H groups in total. The van der Waals surface area contributed by atoms with Crippen LogP contribution in [0.25, 0.3) is 0 Å². The van der Waals surface area contributed by atoms with Crippen molar-refractivity contribution in [3.63, 3.8) is 0 Å².